The Morgan fingerprint density at radius 1 is 0.966 bits per heavy atom. The number of carbonyl (C=O) groups excluding carboxylic acids is 1. The number of benzene rings is 2. The molecule has 29 heavy (non-hydrogen) atoms. The molecule has 0 unspecified atom stereocenters. The maximum atomic E-state index is 12.7. The Morgan fingerprint density at radius 3 is 2.21 bits per heavy atom. The molecule has 0 aliphatic rings. The van der Waals surface area contributed by atoms with Gasteiger partial charge in [0.2, 0.25) is 11.8 Å². The summed E-state index contributed by atoms with van der Waals surface area (Å²) in [4.78, 5) is 14.8. The van der Waals surface area contributed by atoms with Crippen molar-refractivity contribution in [3.05, 3.63) is 94.7 Å². The fourth-order valence-electron chi connectivity index (χ4n) is 3.11. The smallest absolute Gasteiger partial charge is 0.257 e. The molecule has 0 aliphatic carbocycles. The molecule has 2 aromatic heterocycles. The second-order valence-electron chi connectivity index (χ2n) is 6.73. The van der Waals surface area contributed by atoms with Crippen LogP contribution in [-0.2, 0) is 11.2 Å². The summed E-state index contributed by atoms with van der Waals surface area (Å²) in [6.07, 6.45) is 0.681. The first-order valence-corrected chi connectivity index (χ1v) is 10.3. The van der Waals surface area contributed by atoms with Gasteiger partial charge in [0, 0.05) is 17.7 Å². The highest BCUT2D eigenvalue weighted by Gasteiger charge is 2.17. The van der Waals surface area contributed by atoms with Gasteiger partial charge in [0.15, 0.2) is 0 Å². The molecule has 0 radical (unpaired) electrons. The van der Waals surface area contributed by atoms with Gasteiger partial charge in [-0.2, -0.15) is 0 Å². The molecular formula is C23H21N3O2S. The van der Waals surface area contributed by atoms with Crippen molar-refractivity contribution in [2.45, 2.75) is 25.8 Å². The van der Waals surface area contributed by atoms with Crippen molar-refractivity contribution in [3.8, 4) is 10.8 Å². The Balaban J connectivity index is 1.42. The molecule has 5 nitrogen and oxygen atoms in total. The predicted octanol–water partition coefficient (Wildman–Crippen LogP) is 4.94. The van der Waals surface area contributed by atoms with Crippen LogP contribution >= 0.6 is 11.3 Å². The van der Waals surface area contributed by atoms with Gasteiger partial charge in [-0.25, -0.2) is 0 Å². The van der Waals surface area contributed by atoms with Crippen LogP contribution in [0.5, 0.6) is 0 Å². The SMILES string of the molecule is Cc1ccc(-c2nnc(CCC(=O)NC(c3ccccc3)c3ccccc3)o2)s1. The maximum absolute atomic E-state index is 12.7. The molecule has 0 atom stereocenters. The van der Waals surface area contributed by atoms with Crippen LogP contribution in [0, 0.1) is 6.92 Å². The van der Waals surface area contributed by atoms with Crippen LogP contribution in [0.3, 0.4) is 0 Å². The third kappa shape index (κ3) is 4.78. The molecule has 0 bridgehead atoms. The highest BCUT2D eigenvalue weighted by atomic mass is 32.1. The summed E-state index contributed by atoms with van der Waals surface area (Å²) in [6.45, 7) is 2.03. The largest absolute Gasteiger partial charge is 0.420 e. The summed E-state index contributed by atoms with van der Waals surface area (Å²) >= 11 is 1.61. The van der Waals surface area contributed by atoms with Gasteiger partial charge in [-0.15, -0.1) is 21.5 Å². The molecule has 6 heteroatoms. The molecule has 0 saturated heterocycles. The van der Waals surface area contributed by atoms with Crippen molar-refractivity contribution in [2.75, 3.05) is 0 Å². The van der Waals surface area contributed by atoms with E-state index in [0.717, 1.165) is 16.0 Å². The molecule has 2 heterocycles. The number of thiophene rings is 1. The number of hydrogen-bond donors (Lipinski definition) is 1. The van der Waals surface area contributed by atoms with Gasteiger partial charge in [-0.1, -0.05) is 60.7 Å². The fraction of sp³-hybridized carbons (Fsp3) is 0.174. The molecular weight excluding hydrogens is 382 g/mol. The van der Waals surface area contributed by atoms with Crippen LogP contribution in [0.15, 0.2) is 77.2 Å². The van der Waals surface area contributed by atoms with Gasteiger partial charge in [-0.05, 0) is 30.2 Å². The zero-order chi connectivity index (χ0) is 20.1. The average molecular weight is 404 g/mol. The van der Waals surface area contributed by atoms with Crippen LogP contribution in [0.1, 0.15) is 34.4 Å². The molecule has 0 spiro atoms. The molecule has 0 fully saturated rings. The van der Waals surface area contributed by atoms with Crippen molar-refractivity contribution in [3.63, 3.8) is 0 Å². The maximum Gasteiger partial charge on any atom is 0.257 e. The fourth-order valence-corrected chi connectivity index (χ4v) is 3.90. The van der Waals surface area contributed by atoms with E-state index in [2.05, 4.69) is 15.5 Å². The minimum atomic E-state index is -0.197. The summed E-state index contributed by atoms with van der Waals surface area (Å²) in [5, 5.41) is 11.3. The monoisotopic (exact) mass is 403 g/mol. The first-order valence-electron chi connectivity index (χ1n) is 9.47. The van der Waals surface area contributed by atoms with E-state index in [1.807, 2.05) is 79.7 Å². The Hall–Kier alpha value is -3.25. The van der Waals surface area contributed by atoms with Crippen LogP contribution in [-0.4, -0.2) is 16.1 Å². The molecule has 0 aliphatic heterocycles. The standard InChI is InChI=1S/C23H21N3O2S/c1-16-12-13-19(29-16)23-26-25-21(28-23)15-14-20(27)24-22(17-8-4-2-5-9-17)18-10-6-3-7-11-18/h2-13,22H,14-15H2,1H3,(H,24,27). The number of aryl methyl sites for hydroxylation is 2. The molecule has 1 N–H and O–H groups in total. The molecule has 2 aromatic carbocycles. The number of nitrogens with zero attached hydrogens (tertiary/aromatic N) is 2. The number of nitrogens with one attached hydrogen (secondary N) is 1. The quantitative estimate of drug-likeness (QED) is 0.474. The molecule has 146 valence electrons. The van der Waals surface area contributed by atoms with E-state index in [9.17, 15) is 4.79 Å². The molecule has 4 aromatic rings. The lowest BCUT2D eigenvalue weighted by atomic mass is 9.98. The van der Waals surface area contributed by atoms with Crippen molar-refractivity contribution in [2.24, 2.45) is 0 Å². The Labute approximate surface area is 173 Å². The van der Waals surface area contributed by atoms with E-state index in [1.165, 1.54) is 4.88 Å². The zero-order valence-electron chi connectivity index (χ0n) is 16.0. The minimum Gasteiger partial charge on any atom is -0.420 e. The zero-order valence-corrected chi connectivity index (χ0v) is 16.9. The van der Waals surface area contributed by atoms with Gasteiger partial charge < -0.3 is 9.73 Å². The van der Waals surface area contributed by atoms with Crippen molar-refractivity contribution < 1.29 is 9.21 Å². The van der Waals surface area contributed by atoms with Crippen LogP contribution in [0.2, 0.25) is 0 Å². The summed E-state index contributed by atoms with van der Waals surface area (Å²) in [5.74, 6) is 0.913. The molecule has 4 rings (SSSR count). The normalized spacial score (nSPS) is 11.0. The van der Waals surface area contributed by atoms with E-state index < -0.39 is 0 Å². The van der Waals surface area contributed by atoms with Gasteiger partial charge in [-0.3, -0.25) is 4.79 Å². The minimum absolute atomic E-state index is 0.0607. The Kier molecular flexibility index (Phi) is 5.81. The van der Waals surface area contributed by atoms with Crippen LogP contribution < -0.4 is 5.32 Å². The highest BCUT2D eigenvalue weighted by molar-refractivity contribution is 7.15. The average Bonchev–Trinajstić information content (AvgIpc) is 3.41. The van der Waals surface area contributed by atoms with E-state index in [4.69, 9.17) is 4.42 Å². The predicted molar refractivity (Wildman–Crippen MR) is 114 cm³/mol. The number of carbonyl (C=O) groups is 1. The third-order valence-electron chi connectivity index (χ3n) is 4.56. The summed E-state index contributed by atoms with van der Waals surface area (Å²) in [7, 11) is 0. The lowest BCUT2D eigenvalue weighted by Crippen LogP contribution is -2.29. The molecule has 0 saturated carbocycles. The van der Waals surface area contributed by atoms with Crippen LogP contribution in [0.25, 0.3) is 10.8 Å². The second kappa shape index (κ2) is 8.84. The lowest BCUT2D eigenvalue weighted by molar-refractivity contribution is -0.121. The Bertz CT molecular complexity index is 1030. The lowest BCUT2D eigenvalue weighted by Gasteiger charge is -2.19. The van der Waals surface area contributed by atoms with Crippen molar-refractivity contribution >= 4 is 17.2 Å². The third-order valence-corrected chi connectivity index (χ3v) is 5.54. The summed E-state index contributed by atoms with van der Waals surface area (Å²) in [6, 6.07) is 23.7. The first kappa shape index (κ1) is 19.1. The highest BCUT2D eigenvalue weighted by Crippen LogP contribution is 2.26. The van der Waals surface area contributed by atoms with Gasteiger partial charge in [0.1, 0.15) is 0 Å². The van der Waals surface area contributed by atoms with Gasteiger partial charge in [0.05, 0.1) is 10.9 Å². The van der Waals surface area contributed by atoms with E-state index >= 15 is 0 Å². The first-order chi connectivity index (χ1) is 14.2. The summed E-state index contributed by atoms with van der Waals surface area (Å²) in [5.41, 5.74) is 2.08. The van der Waals surface area contributed by atoms with Gasteiger partial charge in [0.25, 0.3) is 5.89 Å². The van der Waals surface area contributed by atoms with Gasteiger partial charge >= 0.3 is 0 Å². The van der Waals surface area contributed by atoms with E-state index in [0.29, 0.717) is 18.2 Å². The number of hydrogen-bond acceptors (Lipinski definition) is 5. The van der Waals surface area contributed by atoms with Crippen molar-refractivity contribution in [1.29, 1.82) is 0 Å². The van der Waals surface area contributed by atoms with E-state index in [-0.39, 0.29) is 18.4 Å². The van der Waals surface area contributed by atoms with Crippen LogP contribution in [0.4, 0.5) is 0 Å². The number of rotatable bonds is 7. The topological polar surface area (TPSA) is 68.0 Å². The van der Waals surface area contributed by atoms with Crippen molar-refractivity contribution in [1.82, 2.24) is 15.5 Å². The number of aromatic nitrogens is 2. The number of amides is 1. The Morgan fingerprint density at radius 2 is 1.62 bits per heavy atom. The molecule has 1 amide bonds. The summed E-state index contributed by atoms with van der Waals surface area (Å²) < 4.78 is 5.72. The van der Waals surface area contributed by atoms with E-state index in [1.54, 1.807) is 11.3 Å². The second-order valence-corrected chi connectivity index (χ2v) is 8.02.